The zero-order valence-corrected chi connectivity index (χ0v) is 28.3. The van der Waals surface area contributed by atoms with E-state index in [0.29, 0.717) is 0 Å². The van der Waals surface area contributed by atoms with E-state index in [-0.39, 0.29) is 12.0 Å². The molecule has 9 aromatic rings. The van der Waals surface area contributed by atoms with Crippen molar-refractivity contribution in [2.24, 2.45) is 0 Å². The number of aromatic nitrogens is 2. The van der Waals surface area contributed by atoms with Crippen LogP contribution in [0.5, 0.6) is 5.75 Å². The lowest BCUT2D eigenvalue weighted by Crippen LogP contribution is -2.15. The van der Waals surface area contributed by atoms with E-state index in [1.807, 2.05) is 0 Å². The van der Waals surface area contributed by atoms with Crippen molar-refractivity contribution in [3.05, 3.63) is 193 Å². The molecule has 3 heteroatoms. The molecular weight excluding hydrogens is 633 g/mol. The molecule has 2 aliphatic rings. The van der Waals surface area contributed by atoms with Crippen molar-refractivity contribution >= 4 is 38.8 Å². The molecular formula is C49H32N2O. The van der Waals surface area contributed by atoms with Crippen LogP contribution in [-0.4, -0.2) is 9.55 Å². The summed E-state index contributed by atoms with van der Waals surface area (Å²) in [6.45, 7) is 0. The molecule has 0 spiro atoms. The summed E-state index contributed by atoms with van der Waals surface area (Å²) >= 11 is 0. The van der Waals surface area contributed by atoms with Gasteiger partial charge in [0, 0.05) is 50.0 Å². The van der Waals surface area contributed by atoms with Crippen molar-refractivity contribution in [2.75, 3.05) is 0 Å². The van der Waals surface area contributed by atoms with Gasteiger partial charge in [-0.15, -0.1) is 0 Å². The number of hydrogen-bond acceptors (Lipinski definition) is 2. The van der Waals surface area contributed by atoms with Crippen LogP contribution in [0.4, 0.5) is 0 Å². The molecule has 11 rings (SSSR count). The predicted octanol–water partition coefficient (Wildman–Crippen LogP) is 12.6. The molecule has 2 atom stereocenters. The lowest BCUT2D eigenvalue weighted by Gasteiger charge is -2.26. The van der Waals surface area contributed by atoms with Gasteiger partial charge in [-0.05, 0) is 70.8 Å². The Bertz CT molecular complexity index is 2890. The van der Waals surface area contributed by atoms with Gasteiger partial charge in [0.05, 0.1) is 22.2 Å². The Labute approximate surface area is 301 Å². The highest BCUT2D eigenvalue weighted by Crippen LogP contribution is 2.53. The van der Waals surface area contributed by atoms with Crippen molar-refractivity contribution in [3.63, 3.8) is 0 Å². The quantitative estimate of drug-likeness (QED) is 0.187. The summed E-state index contributed by atoms with van der Waals surface area (Å²) in [7, 11) is 0. The Morgan fingerprint density at radius 3 is 2.00 bits per heavy atom. The summed E-state index contributed by atoms with van der Waals surface area (Å²) in [6.07, 6.45) is 4.48. The maximum absolute atomic E-state index is 6.85. The summed E-state index contributed by atoms with van der Waals surface area (Å²) in [6, 6.07) is 60.8. The van der Waals surface area contributed by atoms with Crippen molar-refractivity contribution in [1.82, 2.24) is 9.55 Å². The molecule has 3 nitrogen and oxygen atoms in total. The Kier molecular flexibility index (Phi) is 6.38. The van der Waals surface area contributed by atoms with Gasteiger partial charge < -0.3 is 9.30 Å². The van der Waals surface area contributed by atoms with Crippen LogP contribution in [0.25, 0.3) is 78.0 Å². The van der Waals surface area contributed by atoms with Crippen LogP contribution >= 0.6 is 0 Å². The first kappa shape index (κ1) is 29.1. The van der Waals surface area contributed by atoms with E-state index in [9.17, 15) is 0 Å². The Balaban J connectivity index is 0.991. The minimum absolute atomic E-state index is 0.113. The van der Waals surface area contributed by atoms with E-state index < -0.39 is 0 Å². The fraction of sp³-hybridized carbons (Fsp3) is 0.0408. The van der Waals surface area contributed by atoms with E-state index in [1.165, 1.54) is 60.9 Å². The molecule has 0 bridgehead atoms. The third-order valence-corrected chi connectivity index (χ3v) is 10.9. The Hall–Kier alpha value is -6.71. The zero-order valence-electron chi connectivity index (χ0n) is 28.3. The molecule has 3 heterocycles. The van der Waals surface area contributed by atoms with Crippen molar-refractivity contribution in [1.29, 1.82) is 0 Å². The monoisotopic (exact) mass is 664 g/mol. The highest BCUT2D eigenvalue weighted by molar-refractivity contribution is 6.10. The number of pyridine rings is 1. The van der Waals surface area contributed by atoms with Crippen LogP contribution in [0.2, 0.25) is 0 Å². The molecule has 1 aliphatic carbocycles. The van der Waals surface area contributed by atoms with Gasteiger partial charge >= 0.3 is 0 Å². The Morgan fingerprint density at radius 2 is 1.15 bits per heavy atom. The summed E-state index contributed by atoms with van der Waals surface area (Å²) in [5, 5.41) is 3.68. The lowest BCUT2D eigenvalue weighted by molar-refractivity contribution is 0.225. The van der Waals surface area contributed by atoms with E-state index in [0.717, 1.165) is 33.5 Å². The number of rotatable bonds is 4. The first-order valence-corrected chi connectivity index (χ1v) is 17.9. The molecule has 7 aromatic carbocycles. The molecule has 0 fully saturated rings. The second kappa shape index (κ2) is 11.4. The van der Waals surface area contributed by atoms with Gasteiger partial charge in [0.2, 0.25) is 0 Å². The van der Waals surface area contributed by atoms with Crippen molar-refractivity contribution < 1.29 is 4.74 Å². The predicted molar refractivity (Wildman–Crippen MR) is 214 cm³/mol. The minimum atomic E-state index is -0.116. The number of ether oxygens (including phenoxy) is 1. The highest BCUT2D eigenvalue weighted by atomic mass is 16.5. The van der Waals surface area contributed by atoms with Crippen LogP contribution in [0.3, 0.4) is 0 Å². The molecule has 0 radical (unpaired) electrons. The fourth-order valence-electron chi connectivity index (χ4n) is 8.54. The molecule has 1 aliphatic heterocycles. The van der Waals surface area contributed by atoms with Gasteiger partial charge in [-0.1, -0.05) is 133 Å². The average molecular weight is 665 g/mol. The zero-order chi connectivity index (χ0) is 34.2. The van der Waals surface area contributed by atoms with Crippen LogP contribution in [0.15, 0.2) is 176 Å². The summed E-state index contributed by atoms with van der Waals surface area (Å²) in [4.78, 5) is 5.15. The molecule has 2 aromatic heterocycles. The van der Waals surface area contributed by atoms with Gasteiger partial charge in [0.25, 0.3) is 0 Å². The maximum Gasteiger partial charge on any atom is 0.135 e. The summed E-state index contributed by atoms with van der Waals surface area (Å²) < 4.78 is 9.23. The third kappa shape index (κ3) is 4.42. The molecule has 2 unspecified atom stereocenters. The molecule has 0 saturated heterocycles. The van der Waals surface area contributed by atoms with E-state index >= 15 is 0 Å². The molecule has 244 valence electrons. The molecule has 52 heavy (non-hydrogen) atoms. The maximum atomic E-state index is 6.85. The second-order valence-electron chi connectivity index (χ2n) is 13.8. The van der Waals surface area contributed by atoms with Crippen molar-refractivity contribution in [2.45, 2.75) is 12.0 Å². The van der Waals surface area contributed by atoms with E-state index in [2.05, 4.69) is 187 Å². The topological polar surface area (TPSA) is 27.1 Å². The summed E-state index contributed by atoms with van der Waals surface area (Å²) in [5.74, 6) is 1.07. The molecule has 0 N–H and O–H groups in total. The first-order valence-electron chi connectivity index (χ1n) is 17.9. The van der Waals surface area contributed by atoms with Crippen LogP contribution in [0.1, 0.15) is 28.7 Å². The van der Waals surface area contributed by atoms with Crippen LogP contribution in [-0.2, 0) is 0 Å². The number of nitrogens with zero attached hydrogens (tertiary/aromatic N) is 2. The minimum Gasteiger partial charge on any atom is -0.484 e. The van der Waals surface area contributed by atoms with Gasteiger partial charge in [-0.2, -0.15) is 0 Å². The average Bonchev–Trinajstić information content (AvgIpc) is 3.76. The number of fused-ring (bicyclic) bond motifs is 10. The summed E-state index contributed by atoms with van der Waals surface area (Å²) in [5.41, 5.74) is 15.1. The highest BCUT2D eigenvalue weighted by Gasteiger charge is 2.39. The second-order valence-corrected chi connectivity index (χ2v) is 13.8. The number of benzene rings is 7. The van der Waals surface area contributed by atoms with Gasteiger partial charge in [0.1, 0.15) is 11.9 Å². The standard InChI is InChI=1S/C49H32N2O/c1-3-12-31(13-4-1)48-41-26-25-39-42-29-34(23-27-46(42)52-49(39)47(41)40-19-7-9-20-43(40)50-48)32-14-11-15-33(28-32)35-22-24-38-37-18-8-10-21-44(37)51(45(38)30-35)36-16-5-2-6-17-36/h1-30,39,49H. The van der Waals surface area contributed by atoms with Gasteiger partial charge in [0.15, 0.2) is 0 Å². The first-order chi connectivity index (χ1) is 25.8. The normalized spacial score (nSPS) is 15.8. The fourth-order valence-corrected chi connectivity index (χ4v) is 8.54. The third-order valence-electron chi connectivity index (χ3n) is 10.9. The SMILES string of the molecule is C1=CC2c3cc(-c4cccc(-c5ccc6c7ccccc7n(-c7ccccc7)c6c5)c4)ccc3OC2c2c1c(-c1ccccc1)nc1ccccc21. The van der Waals surface area contributed by atoms with E-state index in [4.69, 9.17) is 9.72 Å². The Morgan fingerprint density at radius 1 is 0.500 bits per heavy atom. The van der Waals surface area contributed by atoms with Crippen LogP contribution < -0.4 is 4.74 Å². The van der Waals surface area contributed by atoms with E-state index in [1.54, 1.807) is 0 Å². The molecule has 0 amide bonds. The number of hydrogen-bond donors (Lipinski definition) is 0. The van der Waals surface area contributed by atoms with Gasteiger partial charge in [-0.3, -0.25) is 0 Å². The largest absolute Gasteiger partial charge is 0.484 e. The molecule has 0 saturated carbocycles. The lowest BCUT2D eigenvalue weighted by atomic mass is 9.80. The van der Waals surface area contributed by atoms with Crippen LogP contribution in [0, 0.1) is 0 Å². The number of para-hydroxylation sites is 3. The van der Waals surface area contributed by atoms with Crippen molar-refractivity contribution in [3.8, 4) is 44.9 Å². The smallest absolute Gasteiger partial charge is 0.135 e. The van der Waals surface area contributed by atoms with Gasteiger partial charge in [-0.25, -0.2) is 4.98 Å².